The van der Waals surface area contributed by atoms with E-state index in [2.05, 4.69) is 36.5 Å². The van der Waals surface area contributed by atoms with E-state index in [9.17, 15) is 0 Å². The molecule has 2 aromatic rings. The van der Waals surface area contributed by atoms with Crippen molar-refractivity contribution in [1.82, 2.24) is 25.3 Å². The van der Waals surface area contributed by atoms with Crippen LogP contribution in [0.2, 0.25) is 0 Å². The predicted octanol–water partition coefficient (Wildman–Crippen LogP) is 1.77. The molecule has 1 saturated carbocycles. The van der Waals surface area contributed by atoms with Crippen molar-refractivity contribution in [1.29, 1.82) is 0 Å². The van der Waals surface area contributed by atoms with E-state index >= 15 is 0 Å². The smallest absolute Gasteiger partial charge is 0.138 e. The SMILES string of the molecule is Brc1cncc(OCCn2cc(CNC3CC3)nn2)c1. The molecule has 0 atom stereocenters. The van der Waals surface area contributed by atoms with Crippen molar-refractivity contribution in [3.05, 3.63) is 34.8 Å². The summed E-state index contributed by atoms with van der Waals surface area (Å²) in [6, 6.07) is 2.58. The van der Waals surface area contributed by atoms with Crippen LogP contribution < -0.4 is 10.1 Å². The monoisotopic (exact) mass is 337 g/mol. The first-order chi connectivity index (χ1) is 9.79. The van der Waals surface area contributed by atoms with Crippen LogP contribution in [-0.2, 0) is 13.1 Å². The van der Waals surface area contributed by atoms with Gasteiger partial charge in [0.2, 0.25) is 0 Å². The molecule has 2 heterocycles. The van der Waals surface area contributed by atoms with Crippen LogP contribution in [0.4, 0.5) is 0 Å². The number of nitrogens with zero attached hydrogens (tertiary/aromatic N) is 4. The summed E-state index contributed by atoms with van der Waals surface area (Å²) in [5.41, 5.74) is 0.973. The molecule has 106 valence electrons. The van der Waals surface area contributed by atoms with E-state index in [1.165, 1.54) is 12.8 Å². The lowest BCUT2D eigenvalue weighted by atomic mass is 10.4. The van der Waals surface area contributed by atoms with Crippen molar-refractivity contribution >= 4 is 15.9 Å². The van der Waals surface area contributed by atoms with E-state index in [0.29, 0.717) is 19.2 Å². The summed E-state index contributed by atoms with van der Waals surface area (Å²) in [6.07, 6.45) is 7.93. The molecule has 0 spiro atoms. The summed E-state index contributed by atoms with van der Waals surface area (Å²) in [5, 5.41) is 11.6. The molecule has 1 aliphatic carbocycles. The van der Waals surface area contributed by atoms with Crippen LogP contribution >= 0.6 is 15.9 Å². The quantitative estimate of drug-likeness (QED) is 0.834. The van der Waals surface area contributed by atoms with E-state index in [-0.39, 0.29) is 0 Å². The second-order valence-corrected chi connectivity index (χ2v) is 5.73. The van der Waals surface area contributed by atoms with E-state index in [0.717, 1.165) is 22.5 Å². The van der Waals surface area contributed by atoms with Crippen LogP contribution in [0, 0.1) is 0 Å². The zero-order chi connectivity index (χ0) is 13.8. The molecule has 0 aromatic carbocycles. The van der Waals surface area contributed by atoms with E-state index < -0.39 is 0 Å². The highest BCUT2D eigenvalue weighted by Gasteiger charge is 2.20. The largest absolute Gasteiger partial charge is 0.490 e. The lowest BCUT2D eigenvalue weighted by Crippen LogP contribution is -2.15. The van der Waals surface area contributed by atoms with E-state index in [1.54, 1.807) is 17.1 Å². The molecule has 1 aliphatic rings. The van der Waals surface area contributed by atoms with Gasteiger partial charge in [0.1, 0.15) is 12.4 Å². The molecular weight excluding hydrogens is 322 g/mol. The highest BCUT2D eigenvalue weighted by Crippen LogP contribution is 2.19. The first kappa shape index (κ1) is 13.5. The molecule has 0 aliphatic heterocycles. The third-order valence-electron chi connectivity index (χ3n) is 3.00. The van der Waals surface area contributed by atoms with Crippen molar-refractivity contribution < 1.29 is 4.74 Å². The molecule has 0 saturated heterocycles. The van der Waals surface area contributed by atoms with Gasteiger partial charge in [0.05, 0.1) is 18.4 Å². The molecule has 0 radical (unpaired) electrons. The van der Waals surface area contributed by atoms with Gasteiger partial charge in [0.25, 0.3) is 0 Å². The van der Waals surface area contributed by atoms with Gasteiger partial charge in [-0.25, -0.2) is 4.68 Å². The van der Waals surface area contributed by atoms with Crippen molar-refractivity contribution in [2.24, 2.45) is 0 Å². The molecule has 0 amide bonds. The Morgan fingerprint density at radius 2 is 2.30 bits per heavy atom. The number of nitrogens with one attached hydrogen (secondary N) is 1. The Morgan fingerprint density at radius 1 is 1.40 bits per heavy atom. The van der Waals surface area contributed by atoms with Gasteiger partial charge in [-0.1, -0.05) is 5.21 Å². The first-order valence-corrected chi connectivity index (χ1v) is 7.44. The minimum atomic E-state index is 0.539. The van der Waals surface area contributed by atoms with Crippen molar-refractivity contribution in [3.8, 4) is 5.75 Å². The van der Waals surface area contributed by atoms with Gasteiger partial charge in [-0.3, -0.25) is 4.98 Å². The summed E-state index contributed by atoms with van der Waals surface area (Å²) in [7, 11) is 0. The van der Waals surface area contributed by atoms with Crippen LogP contribution in [-0.4, -0.2) is 32.6 Å². The van der Waals surface area contributed by atoms with Gasteiger partial charge in [-0.15, -0.1) is 5.10 Å². The Balaban J connectivity index is 1.43. The fourth-order valence-electron chi connectivity index (χ4n) is 1.79. The number of hydrogen-bond donors (Lipinski definition) is 1. The van der Waals surface area contributed by atoms with Crippen molar-refractivity contribution in [3.63, 3.8) is 0 Å². The molecule has 1 N–H and O–H groups in total. The Hall–Kier alpha value is -1.47. The molecule has 1 fully saturated rings. The van der Waals surface area contributed by atoms with Gasteiger partial charge in [-0.05, 0) is 34.8 Å². The van der Waals surface area contributed by atoms with Gasteiger partial charge < -0.3 is 10.1 Å². The average molecular weight is 338 g/mol. The number of aromatic nitrogens is 4. The van der Waals surface area contributed by atoms with E-state index in [4.69, 9.17) is 4.74 Å². The van der Waals surface area contributed by atoms with Crippen molar-refractivity contribution in [2.45, 2.75) is 32.0 Å². The van der Waals surface area contributed by atoms with Crippen molar-refractivity contribution in [2.75, 3.05) is 6.61 Å². The summed E-state index contributed by atoms with van der Waals surface area (Å²) in [6.45, 7) is 2.00. The summed E-state index contributed by atoms with van der Waals surface area (Å²) in [5.74, 6) is 0.745. The zero-order valence-electron chi connectivity index (χ0n) is 11.0. The highest BCUT2D eigenvalue weighted by molar-refractivity contribution is 9.10. The summed E-state index contributed by atoms with van der Waals surface area (Å²) >= 11 is 3.36. The fourth-order valence-corrected chi connectivity index (χ4v) is 2.14. The molecule has 0 bridgehead atoms. The summed E-state index contributed by atoms with van der Waals surface area (Å²) < 4.78 is 8.32. The van der Waals surface area contributed by atoms with Crippen LogP contribution in [0.25, 0.3) is 0 Å². The Morgan fingerprint density at radius 3 is 3.10 bits per heavy atom. The first-order valence-electron chi connectivity index (χ1n) is 6.65. The average Bonchev–Trinajstić information content (AvgIpc) is 3.16. The second kappa shape index (κ2) is 6.32. The number of pyridine rings is 1. The van der Waals surface area contributed by atoms with Gasteiger partial charge in [0.15, 0.2) is 0 Å². The molecule has 0 unspecified atom stereocenters. The number of rotatable bonds is 7. The maximum absolute atomic E-state index is 5.61. The summed E-state index contributed by atoms with van der Waals surface area (Å²) in [4.78, 5) is 4.05. The Bertz CT molecular complexity index is 569. The minimum Gasteiger partial charge on any atom is -0.490 e. The minimum absolute atomic E-state index is 0.539. The zero-order valence-corrected chi connectivity index (χ0v) is 12.6. The highest BCUT2D eigenvalue weighted by atomic mass is 79.9. The number of hydrogen-bond acceptors (Lipinski definition) is 5. The second-order valence-electron chi connectivity index (χ2n) is 4.82. The van der Waals surface area contributed by atoms with Crippen LogP contribution in [0.5, 0.6) is 5.75 Å². The number of ether oxygens (including phenoxy) is 1. The lowest BCUT2D eigenvalue weighted by Gasteiger charge is -2.05. The Kier molecular flexibility index (Phi) is 4.27. The van der Waals surface area contributed by atoms with Gasteiger partial charge in [0, 0.05) is 29.5 Å². The maximum atomic E-state index is 5.61. The topological polar surface area (TPSA) is 64.9 Å². The standard InChI is InChI=1S/C13H16BrN5O/c14-10-5-13(8-15-6-10)20-4-3-19-9-12(17-18-19)7-16-11-1-2-11/h5-6,8-9,11,16H,1-4,7H2. The van der Waals surface area contributed by atoms with Gasteiger partial charge >= 0.3 is 0 Å². The normalized spacial score (nSPS) is 14.4. The fraction of sp³-hybridized carbons (Fsp3) is 0.462. The third kappa shape index (κ3) is 4.01. The van der Waals surface area contributed by atoms with Crippen LogP contribution in [0.3, 0.4) is 0 Å². The third-order valence-corrected chi connectivity index (χ3v) is 3.44. The molecule has 7 heteroatoms. The molecule has 2 aromatic heterocycles. The number of halogens is 1. The lowest BCUT2D eigenvalue weighted by molar-refractivity contribution is 0.288. The van der Waals surface area contributed by atoms with Crippen LogP contribution in [0.1, 0.15) is 18.5 Å². The molecule has 6 nitrogen and oxygen atoms in total. The maximum Gasteiger partial charge on any atom is 0.138 e. The molecular formula is C13H16BrN5O. The predicted molar refractivity (Wildman–Crippen MR) is 77.3 cm³/mol. The van der Waals surface area contributed by atoms with Crippen LogP contribution in [0.15, 0.2) is 29.1 Å². The Labute approximate surface area is 125 Å². The molecule has 3 rings (SSSR count). The van der Waals surface area contributed by atoms with E-state index in [1.807, 2.05) is 12.3 Å². The van der Waals surface area contributed by atoms with Gasteiger partial charge in [-0.2, -0.15) is 0 Å². The molecule has 20 heavy (non-hydrogen) atoms.